The van der Waals surface area contributed by atoms with Crippen LogP contribution in [0.5, 0.6) is 0 Å². The second-order valence-corrected chi connectivity index (χ2v) is 22.7. The summed E-state index contributed by atoms with van der Waals surface area (Å²) in [4.78, 5) is 38.3. The molecule has 0 bridgehead atoms. The maximum atomic E-state index is 12.9. The Balaban J connectivity index is 4.21. The van der Waals surface area contributed by atoms with Gasteiger partial charge in [-0.05, 0) is 77.0 Å². The molecule has 0 aromatic heterocycles. The Morgan fingerprint density at radius 1 is 0.267 bits per heavy atom. The van der Waals surface area contributed by atoms with E-state index in [0.717, 1.165) is 89.9 Å². The maximum absolute atomic E-state index is 12.9. The van der Waals surface area contributed by atoms with E-state index in [0.29, 0.717) is 19.3 Å². The number of esters is 3. The Labute approximate surface area is 467 Å². The van der Waals surface area contributed by atoms with Crippen LogP contribution >= 0.6 is 0 Å². The zero-order valence-corrected chi connectivity index (χ0v) is 50.6. The molecule has 75 heavy (non-hydrogen) atoms. The Morgan fingerprint density at radius 3 is 0.773 bits per heavy atom. The third kappa shape index (κ3) is 62.4. The van der Waals surface area contributed by atoms with Crippen LogP contribution in [0.4, 0.5) is 0 Å². The molecule has 1 atom stereocenters. The van der Waals surface area contributed by atoms with Gasteiger partial charge in [0.25, 0.3) is 0 Å². The number of hydrogen-bond donors (Lipinski definition) is 0. The van der Waals surface area contributed by atoms with Crippen LogP contribution in [0.15, 0.2) is 36.5 Å². The lowest BCUT2D eigenvalue weighted by molar-refractivity contribution is -0.167. The fraction of sp³-hybridized carbons (Fsp3) is 0.870. The van der Waals surface area contributed by atoms with Gasteiger partial charge in [-0.25, -0.2) is 0 Å². The Bertz CT molecular complexity index is 1250. The van der Waals surface area contributed by atoms with Crippen LogP contribution in [0, 0.1) is 0 Å². The number of unbranched alkanes of at least 4 members (excludes halogenated alkanes) is 45. The van der Waals surface area contributed by atoms with E-state index in [9.17, 15) is 14.4 Å². The first-order chi connectivity index (χ1) is 37.0. The van der Waals surface area contributed by atoms with Crippen molar-refractivity contribution in [1.82, 2.24) is 0 Å². The van der Waals surface area contributed by atoms with E-state index in [1.807, 2.05) is 0 Å². The largest absolute Gasteiger partial charge is 0.462 e. The van der Waals surface area contributed by atoms with Crippen molar-refractivity contribution in [3.05, 3.63) is 36.5 Å². The third-order valence-corrected chi connectivity index (χ3v) is 15.1. The first-order valence-corrected chi connectivity index (χ1v) is 33.5. The fourth-order valence-electron chi connectivity index (χ4n) is 10.1. The molecule has 0 aromatic carbocycles. The number of allylic oxidation sites excluding steroid dienone is 6. The van der Waals surface area contributed by atoms with E-state index in [-0.39, 0.29) is 31.1 Å². The Morgan fingerprint density at radius 2 is 0.480 bits per heavy atom. The standard InChI is InChI=1S/C69H128O6/c1-4-7-10-13-16-19-22-25-28-29-30-31-32-33-34-35-36-37-38-39-42-44-47-50-53-56-59-62-68(71)74-65-66(75-69(72)63-60-57-54-51-48-45-41-27-24-21-18-15-12-9-6-3)64-73-67(70)61-58-55-52-49-46-43-40-26-23-20-17-14-11-8-5-2/h18,21,26-27,40-41,66H,4-17,19-20,22-25,28-39,42-65H2,1-3H3/b21-18-,40-26-,41-27-. The molecule has 0 spiro atoms. The lowest BCUT2D eigenvalue weighted by Crippen LogP contribution is -2.30. The lowest BCUT2D eigenvalue weighted by Gasteiger charge is -2.18. The van der Waals surface area contributed by atoms with Crippen LogP contribution in [0.2, 0.25) is 0 Å². The van der Waals surface area contributed by atoms with Crippen LogP contribution in [-0.2, 0) is 28.6 Å². The highest BCUT2D eigenvalue weighted by molar-refractivity contribution is 5.71. The molecule has 0 radical (unpaired) electrons. The topological polar surface area (TPSA) is 78.9 Å². The van der Waals surface area contributed by atoms with E-state index in [2.05, 4.69) is 57.2 Å². The van der Waals surface area contributed by atoms with Gasteiger partial charge in [0.1, 0.15) is 13.2 Å². The van der Waals surface area contributed by atoms with Crippen molar-refractivity contribution < 1.29 is 28.6 Å². The summed E-state index contributed by atoms with van der Waals surface area (Å²) in [5.41, 5.74) is 0. The number of hydrogen-bond acceptors (Lipinski definition) is 6. The van der Waals surface area contributed by atoms with E-state index in [1.165, 1.54) is 238 Å². The van der Waals surface area contributed by atoms with Crippen molar-refractivity contribution in [2.75, 3.05) is 13.2 Å². The molecule has 0 aliphatic rings. The van der Waals surface area contributed by atoms with E-state index < -0.39 is 6.10 Å². The highest BCUT2D eigenvalue weighted by Crippen LogP contribution is 2.18. The smallest absolute Gasteiger partial charge is 0.306 e. The van der Waals surface area contributed by atoms with Crippen molar-refractivity contribution in [3.8, 4) is 0 Å². The second-order valence-electron chi connectivity index (χ2n) is 22.7. The quantitative estimate of drug-likeness (QED) is 0.0261. The molecule has 0 fully saturated rings. The molecule has 0 aliphatic carbocycles. The second kappa shape index (κ2) is 64.2. The predicted octanol–water partition coefficient (Wildman–Crippen LogP) is 22.8. The zero-order valence-electron chi connectivity index (χ0n) is 50.6. The molecular formula is C69H128O6. The van der Waals surface area contributed by atoms with Gasteiger partial charge in [-0.3, -0.25) is 14.4 Å². The van der Waals surface area contributed by atoms with Crippen LogP contribution < -0.4 is 0 Å². The molecule has 6 heteroatoms. The van der Waals surface area contributed by atoms with Gasteiger partial charge in [-0.1, -0.05) is 308 Å². The fourth-order valence-corrected chi connectivity index (χ4v) is 10.1. The van der Waals surface area contributed by atoms with E-state index in [4.69, 9.17) is 14.2 Å². The molecule has 0 aromatic rings. The van der Waals surface area contributed by atoms with Crippen LogP contribution in [0.1, 0.15) is 367 Å². The molecule has 0 rings (SSSR count). The average molecular weight is 1050 g/mol. The van der Waals surface area contributed by atoms with Gasteiger partial charge in [0.05, 0.1) is 0 Å². The summed E-state index contributed by atoms with van der Waals surface area (Å²) in [7, 11) is 0. The molecule has 440 valence electrons. The maximum Gasteiger partial charge on any atom is 0.306 e. The van der Waals surface area contributed by atoms with Gasteiger partial charge in [-0.15, -0.1) is 0 Å². The minimum atomic E-state index is -0.781. The monoisotopic (exact) mass is 1050 g/mol. The van der Waals surface area contributed by atoms with E-state index in [1.54, 1.807) is 0 Å². The first kappa shape index (κ1) is 72.6. The van der Waals surface area contributed by atoms with Crippen molar-refractivity contribution in [1.29, 1.82) is 0 Å². The van der Waals surface area contributed by atoms with Crippen molar-refractivity contribution in [2.45, 2.75) is 374 Å². The van der Waals surface area contributed by atoms with Crippen molar-refractivity contribution >= 4 is 17.9 Å². The number of rotatable bonds is 62. The summed E-state index contributed by atoms with van der Waals surface area (Å²) in [6, 6.07) is 0. The highest BCUT2D eigenvalue weighted by Gasteiger charge is 2.19. The summed E-state index contributed by atoms with van der Waals surface area (Å²) >= 11 is 0. The molecule has 6 nitrogen and oxygen atoms in total. The van der Waals surface area contributed by atoms with Crippen LogP contribution in [-0.4, -0.2) is 37.2 Å². The number of carbonyl (C=O) groups excluding carboxylic acids is 3. The minimum Gasteiger partial charge on any atom is -0.462 e. The molecule has 0 amide bonds. The minimum absolute atomic E-state index is 0.0765. The number of carbonyl (C=O) groups is 3. The SMILES string of the molecule is CCCCC/C=C\C/C=C\CCCCCCCC(=O)OC(COC(=O)CCCCCCC/C=C\CCCCCCCC)COC(=O)CCCCCCCCCCCCCCCCCCCCCCCCCCCCC. The number of ether oxygens (including phenoxy) is 3. The summed E-state index contributed by atoms with van der Waals surface area (Å²) in [6.07, 6.45) is 78.8. The van der Waals surface area contributed by atoms with Gasteiger partial charge in [0.15, 0.2) is 6.10 Å². The van der Waals surface area contributed by atoms with Gasteiger partial charge in [0, 0.05) is 19.3 Å². The predicted molar refractivity (Wildman–Crippen MR) is 326 cm³/mol. The summed E-state index contributed by atoms with van der Waals surface area (Å²) < 4.78 is 16.9. The van der Waals surface area contributed by atoms with Gasteiger partial charge < -0.3 is 14.2 Å². The van der Waals surface area contributed by atoms with E-state index >= 15 is 0 Å². The zero-order chi connectivity index (χ0) is 54.3. The molecule has 0 aliphatic heterocycles. The summed E-state index contributed by atoms with van der Waals surface area (Å²) in [5, 5.41) is 0. The van der Waals surface area contributed by atoms with Gasteiger partial charge in [-0.2, -0.15) is 0 Å². The van der Waals surface area contributed by atoms with Gasteiger partial charge in [0.2, 0.25) is 0 Å². The van der Waals surface area contributed by atoms with Crippen molar-refractivity contribution in [3.63, 3.8) is 0 Å². The van der Waals surface area contributed by atoms with Crippen molar-refractivity contribution in [2.24, 2.45) is 0 Å². The first-order valence-electron chi connectivity index (χ1n) is 33.5. The molecule has 0 N–H and O–H groups in total. The average Bonchev–Trinajstić information content (AvgIpc) is 3.41. The van der Waals surface area contributed by atoms with Crippen LogP contribution in [0.3, 0.4) is 0 Å². The Hall–Kier alpha value is -2.37. The Kier molecular flexibility index (Phi) is 62.1. The molecule has 1 unspecified atom stereocenters. The molecule has 0 saturated carbocycles. The van der Waals surface area contributed by atoms with Gasteiger partial charge >= 0.3 is 17.9 Å². The molecule has 0 heterocycles. The molecule has 0 saturated heterocycles. The lowest BCUT2D eigenvalue weighted by atomic mass is 10.0. The third-order valence-electron chi connectivity index (χ3n) is 15.1. The summed E-state index contributed by atoms with van der Waals surface area (Å²) in [5.74, 6) is -0.876. The highest BCUT2D eigenvalue weighted by atomic mass is 16.6. The summed E-state index contributed by atoms with van der Waals surface area (Å²) in [6.45, 7) is 6.65. The normalized spacial score (nSPS) is 12.2. The molecular weight excluding hydrogens is 925 g/mol. The van der Waals surface area contributed by atoms with Crippen LogP contribution in [0.25, 0.3) is 0 Å².